The van der Waals surface area contributed by atoms with Crippen molar-refractivity contribution in [3.8, 4) is 0 Å². The quantitative estimate of drug-likeness (QED) is 0.628. The highest BCUT2D eigenvalue weighted by Gasteiger charge is 2.15. The van der Waals surface area contributed by atoms with Gasteiger partial charge in [0.05, 0.1) is 17.4 Å². The first kappa shape index (κ1) is 18.1. The van der Waals surface area contributed by atoms with Gasteiger partial charge >= 0.3 is 5.97 Å². The first-order valence-corrected chi connectivity index (χ1v) is 8.69. The Kier molecular flexibility index (Phi) is 6.44. The maximum absolute atomic E-state index is 12.3. The average molecular weight is 343 g/mol. The number of rotatable bonds is 6. The summed E-state index contributed by atoms with van der Waals surface area (Å²) in [7, 11) is 0. The van der Waals surface area contributed by atoms with Gasteiger partial charge in [-0.15, -0.1) is 11.8 Å². The van der Waals surface area contributed by atoms with Crippen LogP contribution in [0.5, 0.6) is 0 Å². The van der Waals surface area contributed by atoms with Crippen molar-refractivity contribution in [2.45, 2.75) is 30.9 Å². The molecule has 0 aliphatic carbocycles. The van der Waals surface area contributed by atoms with Gasteiger partial charge in [0.15, 0.2) is 0 Å². The predicted molar refractivity (Wildman–Crippen MR) is 97.5 cm³/mol. The third-order valence-corrected chi connectivity index (χ3v) is 4.46. The van der Waals surface area contributed by atoms with Crippen LogP contribution in [-0.4, -0.2) is 23.7 Å². The van der Waals surface area contributed by atoms with Gasteiger partial charge in [-0.25, -0.2) is 4.79 Å². The van der Waals surface area contributed by atoms with E-state index in [1.165, 1.54) is 17.3 Å². The lowest BCUT2D eigenvalue weighted by atomic mass is 10.2. The molecule has 2 aromatic rings. The zero-order valence-corrected chi connectivity index (χ0v) is 14.9. The van der Waals surface area contributed by atoms with Crippen LogP contribution in [0, 0.1) is 6.92 Å². The number of hydrogen-bond donors (Lipinski definition) is 1. The maximum atomic E-state index is 12.3. The van der Waals surface area contributed by atoms with Gasteiger partial charge in [-0.3, -0.25) is 4.79 Å². The average Bonchev–Trinajstić information content (AvgIpc) is 2.57. The molecule has 0 saturated carbocycles. The largest absolute Gasteiger partial charge is 0.462 e. The van der Waals surface area contributed by atoms with Crippen LogP contribution in [0.15, 0.2) is 53.4 Å². The van der Waals surface area contributed by atoms with Gasteiger partial charge in [0.25, 0.3) is 0 Å². The van der Waals surface area contributed by atoms with E-state index in [0.717, 1.165) is 4.90 Å². The molecule has 0 saturated heterocycles. The number of aryl methyl sites for hydroxylation is 1. The number of carbonyl (C=O) groups is 2. The molecule has 1 atom stereocenters. The highest BCUT2D eigenvalue weighted by molar-refractivity contribution is 8.00. The lowest BCUT2D eigenvalue weighted by Crippen LogP contribution is -2.22. The summed E-state index contributed by atoms with van der Waals surface area (Å²) in [5.41, 5.74) is 2.20. The van der Waals surface area contributed by atoms with Crippen molar-refractivity contribution >= 4 is 29.3 Å². The molecule has 1 N–H and O–H groups in total. The van der Waals surface area contributed by atoms with Crippen molar-refractivity contribution < 1.29 is 14.3 Å². The monoisotopic (exact) mass is 343 g/mol. The second-order valence-corrected chi connectivity index (χ2v) is 6.78. The van der Waals surface area contributed by atoms with Crippen LogP contribution in [0.25, 0.3) is 0 Å². The summed E-state index contributed by atoms with van der Waals surface area (Å²) in [6.45, 7) is 5.96. The van der Waals surface area contributed by atoms with E-state index in [1.807, 2.05) is 38.1 Å². The summed E-state index contributed by atoms with van der Waals surface area (Å²) >= 11 is 1.49. The van der Waals surface area contributed by atoms with E-state index >= 15 is 0 Å². The van der Waals surface area contributed by atoms with Crippen molar-refractivity contribution in [3.05, 3.63) is 59.7 Å². The van der Waals surface area contributed by atoms with Crippen molar-refractivity contribution in [2.24, 2.45) is 0 Å². The number of anilines is 1. The Morgan fingerprint density at radius 3 is 2.54 bits per heavy atom. The van der Waals surface area contributed by atoms with E-state index < -0.39 is 5.97 Å². The molecule has 0 aromatic heterocycles. The van der Waals surface area contributed by atoms with Gasteiger partial charge in [0.2, 0.25) is 5.91 Å². The van der Waals surface area contributed by atoms with Crippen LogP contribution < -0.4 is 5.32 Å². The molecule has 0 spiro atoms. The Bertz CT molecular complexity index is 713. The molecule has 0 fully saturated rings. The summed E-state index contributed by atoms with van der Waals surface area (Å²) in [5, 5.41) is 2.59. The Morgan fingerprint density at radius 1 is 1.17 bits per heavy atom. The third kappa shape index (κ3) is 5.13. The van der Waals surface area contributed by atoms with E-state index in [4.69, 9.17) is 4.74 Å². The van der Waals surface area contributed by atoms with Crippen LogP contribution in [0.3, 0.4) is 0 Å². The Labute approximate surface area is 146 Å². The summed E-state index contributed by atoms with van der Waals surface area (Å²) in [6, 6.07) is 14.8. The molecular weight excluding hydrogens is 322 g/mol. The molecule has 2 aromatic carbocycles. The number of nitrogens with one attached hydrogen (secondary N) is 1. The van der Waals surface area contributed by atoms with E-state index in [0.29, 0.717) is 17.9 Å². The first-order chi connectivity index (χ1) is 11.5. The minimum atomic E-state index is -0.393. The topological polar surface area (TPSA) is 55.4 Å². The summed E-state index contributed by atoms with van der Waals surface area (Å²) < 4.78 is 4.97. The SMILES string of the molecule is CCOC(=O)c1cccc(NC(=O)C(C)Sc2ccc(C)cc2)c1. The van der Waals surface area contributed by atoms with E-state index in [1.54, 1.807) is 31.2 Å². The predicted octanol–water partition coefficient (Wildman–Crippen LogP) is 4.29. The summed E-state index contributed by atoms with van der Waals surface area (Å²) in [5.74, 6) is -0.503. The lowest BCUT2D eigenvalue weighted by Gasteiger charge is -2.13. The first-order valence-electron chi connectivity index (χ1n) is 7.81. The fourth-order valence-electron chi connectivity index (χ4n) is 2.06. The zero-order chi connectivity index (χ0) is 17.5. The molecule has 0 heterocycles. The number of benzene rings is 2. The lowest BCUT2D eigenvalue weighted by molar-refractivity contribution is -0.115. The van der Waals surface area contributed by atoms with Crippen LogP contribution in [0.1, 0.15) is 29.8 Å². The minimum Gasteiger partial charge on any atom is -0.462 e. The highest BCUT2D eigenvalue weighted by atomic mass is 32.2. The Morgan fingerprint density at radius 2 is 1.88 bits per heavy atom. The fourth-order valence-corrected chi connectivity index (χ4v) is 2.92. The Balaban J connectivity index is 1.99. The maximum Gasteiger partial charge on any atom is 0.338 e. The molecule has 0 bridgehead atoms. The molecule has 0 aliphatic rings. The van der Waals surface area contributed by atoms with Crippen LogP contribution in [0.2, 0.25) is 0 Å². The van der Waals surface area contributed by atoms with E-state index in [9.17, 15) is 9.59 Å². The minimum absolute atomic E-state index is 0.110. The van der Waals surface area contributed by atoms with Crippen molar-refractivity contribution in [1.29, 1.82) is 0 Å². The number of esters is 1. The van der Waals surface area contributed by atoms with Gasteiger partial charge in [-0.1, -0.05) is 23.8 Å². The van der Waals surface area contributed by atoms with Crippen LogP contribution in [-0.2, 0) is 9.53 Å². The van der Waals surface area contributed by atoms with Gasteiger partial charge in [-0.2, -0.15) is 0 Å². The molecule has 0 radical (unpaired) electrons. The number of amides is 1. The molecular formula is C19H21NO3S. The van der Waals surface area contributed by atoms with Crippen molar-refractivity contribution in [3.63, 3.8) is 0 Å². The van der Waals surface area contributed by atoms with E-state index in [2.05, 4.69) is 5.32 Å². The molecule has 24 heavy (non-hydrogen) atoms. The second kappa shape index (κ2) is 8.55. The van der Waals surface area contributed by atoms with Crippen molar-refractivity contribution in [2.75, 3.05) is 11.9 Å². The van der Waals surface area contributed by atoms with Gasteiger partial charge in [0.1, 0.15) is 0 Å². The molecule has 4 nitrogen and oxygen atoms in total. The third-order valence-electron chi connectivity index (χ3n) is 3.34. The number of thioether (sulfide) groups is 1. The molecule has 2 rings (SSSR count). The summed E-state index contributed by atoms with van der Waals surface area (Å²) in [6.07, 6.45) is 0. The number of ether oxygens (including phenoxy) is 1. The van der Waals surface area contributed by atoms with Crippen LogP contribution >= 0.6 is 11.8 Å². The molecule has 1 amide bonds. The van der Waals surface area contributed by atoms with Gasteiger partial charge < -0.3 is 10.1 Å². The standard InChI is InChI=1S/C19H21NO3S/c1-4-23-19(22)15-6-5-7-16(12-15)20-18(21)14(3)24-17-10-8-13(2)9-11-17/h5-12,14H,4H2,1-3H3,(H,20,21). The molecule has 126 valence electrons. The number of hydrogen-bond acceptors (Lipinski definition) is 4. The molecule has 5 heteroatoms. The van der Waals surface area contributed by atoms with Gasteiger partial charge in [0, 0.05) is 10.6 Å². The normalized spacial score (nSPS) is 11.6. The highest BCUT2D eigenvalue weighted by Crippen LogP contribution is 2.24. The van der Waals surface area contributed by atoms with E-state index in [-0.39, 0.29) is 11.2 Å². The van der Waals surface area contributed by atoms with Crippen molar-refractivity contribution in [1.82, 2.24) is 0 Å². The zero-order valence-electron chi connectivity index (χ0n) is 14.0. The molecule has 0 aliphatic heterocycles. The fraction of sp³-hybridized carbons (Fsp3) is 0.263. The number of carbonyl (C=O) groups excluding carboxylic acids is 2. The Hall–Kier alpha value is -2.27. The summed E-state index contributed by atoms with van der Waals surface area (Å²) in [4.78, 5) is 25.1. The van der Waals surface area contributed by atoms with Gasteiger partial charge in [-0.05, 0) is 51.1 Å². The van der Waals surface area contributed by atoms with Crippen LogP contribution in [0.4, 0.5) is 5.69 Å². The smallest absolute Gasteiger partial charge is 0.338 e. The molecule has 1 unspecified atom stereocenters. The second-order valence-electron chi connectivity index (χ2n) is 5.36.